The normalized spacial score (nSPS) is 34.7. The molecule has 110 valence electrons. The van der Waals surface area contributed by atoms with Gasteiger partial charge in [-0.25, -0.2) is 0 Å². The van der Waals surface area contributed by atoms with Crippen LogP contribution >= 0.6 is 0 Å². The molecular weight excluding hydrogens is 240 g/mol. The minimum absolute atomic E-state index is 0.0712. The van der Waals surface area contributed by atoms with E-state index in [9.17, 15) is 5.11 Å². The van der Waals surface area contributed by atoms with Gasteiger partial charge in [0.25, 0.3) is 0 Å². The quantitative estimate of drug-likeness (QED) is 0.723. The topological polar surface area (TPSA) is 44.7 Å². The first-order valence-corrected chi connectivity index (χ1v) is 7.85. The fraction of sp³-hybridized carbons (Fsp3) is 1.00. The molecule has 2 N–H and O–H groups in total. The van der Waals surface area contributed by atoms with Gasteiger partial charge in [0.2, 0.25) is 0 Å². The highest BCUT2D eigenvalue weighted by Gasteiger charge is 2.48. The van der Waals surface area contributed by atoms with Crippen LogP contribution in [0.4, 0.5) is 0 Å². The lowest BCUT2D eigenvalue weighted by Gasteiger charge is -2.40. The van der Waals surface area contributed by atoms with E-state index in [-0.39, 0.29) is 12.1 Å². The fourth-order valence-corrected chi connectivity index (χ4v) is 3.65. The summed E-state index contributed by atoms with van der Waals surface area (Å²) in [5, 5.41) is 13.8. The molecule has 3 aliphatic rings. The molecule has 3 fully saturated rings. The second kappa shape index (κ2) is 5.32. The Morgan fingerprint density at radius 2 is 2.00 bits per heavy atom. The van der Waals surface area contributed by atoms with E-state index in [0.29, 0.717) is 24.1 Å². The van der Waals surface area contributed by atoms with E-state index < -0.39 is 0 Å². The van der Waals surface area contributed by atoms with Crippen LogP contribution in [0.3, 0.4) is 0 Å². The third-order valence-electron chi connectivity index (χ3n) is 5.14. The summed E-state index contributed by atoms with van der Waals surface area (Å²) < 4.78 is 5.68. The molecule has 2 aliphatic carbocycles. The van der Waals surface area contributed by atoms with Crippen molar-refractivity contribution in [1.29, 1.82) is 0 Å². The van der Waals surface area contributed by atoms with Crippen molar-refractivity contribution in [3.63, 3.8) is 0 Å². The number of nitrogens with zero attached hydrogens (tertiary/aromatic N) is 1. The molecule has 1 heterocycles. The molecule has 0 amide bonds. The van der Waals surface area contributed by atoms with Crippen molar-refractivity contribution in [1.82, 2.24) is 10.2 Å². The minimum atomic E-state index is -0.0712. The Morgan fingerprint density at radius 3 is 2.47 bits per heavy atom. The molecule has 1 saturated heterocycles. The van der Waals surface area contributed by atoms with Crippen LogP contribution in [0.2, 0.25) is 0 Å². The molecule has 4 nitrogen and oxygen atoms in total. The molecule has 0 bridgehead atoms. The molecule has 0 radical (unpaired) electrons. The number of likely N-dealkylation sites (N-methyl/N-ethyl adjacent to an activating group) is 1. The molecule has 2 saturated carbocycles. The van der Waals surface area contributed by atoms with Gasteiger partial charge in [-0.15, -0.1) is 0 Å². The summed E-state index contributed by atoms with van der Waals surface area (Å²) in [7, 11) is 2.19. The van der Waals surface area contributed by atoms with Crippen LogP contribution in [0.1, 0.15) is 39.0 Å². The average Bonchev–Trinajstić information content (AvgIpc) is 3.28. The van der Waals surface area contributed by atoms with Gasteiger partial charge in [-0.05, 0) is 52.0 Å². The molecule has 0 aromatic rings. The van der Waals surface area contributed by atoms with Crippen LogP contribution in [-0.4, -0.2) is 60.5 Å². The molecule has 0 spiro atoms. The number of rotatable bonds is 7. The van der Waals surface area contributed by atoms with E-state index in [4.69, 9.17) is 4.74 Å². The maximum atomic E-state index is 10.0. The van der Waals surface area contributed by atoms with Crippen LogP contribution in [0.5, 0.6) is 0 Å². The first-order chi connectivity index (χ1) is 9.14. The van der Waals surface area contributed by atoms with Crippen LogP contribution in [-0.2, 0) is 4.74 Å². The van der Waals surface area contributed by atoms with Crippen molar-refractivity contribution >= 4 is 0 Å². The number of aliphatic hydroxyl groups excluding tert-OH is 1. The molecule has 3 unspecified atom stereocenters. The third kappa shape index (κ3) is 2.97. The van der Waals surface area contributed by atoms with Crippen molar-refractivity contribution in [2.45, 2.75) is 62.8 Å². The standard InChI is InChI=1S/C15H28N2O2/c1-11-14(7-8-19-11)17(2)9-15(10-18,12-3-4-12)16-13-5-6-13/h11-14,16,18H,3-10H2,1-2H3. The molecule has 3 rings (SSSR count). The fourth-order valence-electron chi connectivity index (χ4n) is 3.65. The van der Waals surface area contributed by atoms with Gasteiger partial charge in [0.1, 0.15) is 0 Å². The number of ether oxygens (including phenoxy) is 1. The summed E-state index contributed by atoms with van der Waals surface area (Å²) in [6, 6.07) is 1.16. The van der Waals surface area contributed by atoms with E-state index in [2.05, 4.69) is 24.2 Å². The second-order valence-electron chi connectivity index (χ2n) is 6.85. The highest BCUT2D eigenvalue weighted by Crippen LogP contribution is 2.42. The van der Waals surface area contributed by atoms with Gasteiger partial charge in [-0.3, -0.25) is 4.90 Å². The minimum Gasteiger partial charge on any atom is -0.394 e. The molecule has 3 atom stereocenters. The Balaban J connectivity index is 1.65. The van der Waals surface area contributed by atoms with Gasteiger partial charge in [-0.1, -0.05) is 0 Å². The Morgan fingerprint density at radius 1 is 1.26 bits per heavy atom. The number of aliphatic hydroxyl groups is 1. The molecular formula is C15H28N2O2. The summed E-state index contributed by atoms with van der Waals surface area (Å²) in [5.74, 6) is 0.665. The van der Waals surface area contributed by atoms with Crippen LogP contribution in [0.25, 0.3) is 0 Å². The third-order valence-corrected chi connectivity index (χ3v) is 5.14. The Labute approximate surface area is 116 Å². The lowest BCUT2D eigenvalue weighted by molar-refractivity contribution is 0.0491. The monoisotopic (exact) mass is 268 g/mol. The van der Waals surface area contributed by atoms with Crippen LogP contribution < -0.4 is 5.32 Å². The average molecular weight is 268 g/mol. The lowest BCUT2D eigenvalue weighted by Crippen LogP contribution is -2.60. The van der Waals surface area contributed by atoms with E-state index in [1.165, 1.54) is 25.7 Å². The zero-order valence-electron chi connectivity index (χ0n) is 12.3. The smallest absolute Gasteiger partial charge is 0.0702 e. The summed E-state index contributed by atoms with van der Waals surface area (Å²) >= 11 is 0. The van der Waals surface area contributed by atoms with E-state index in [0.717, 1.165) is 19.6 Å². The van der Waals surface area contributed by atoms with Gasteiger partial charge in [0.15, 0.2) is 0 Å². The van der Waals surface area contributed by atoms with E-state index >= 15 is 0 Å². The van der Waals surface area contributed by atoms with Gasteiger partial charge >= 0.3 is 0 Å². The number of hydrogen-bond donors (Lipinski definition) is 2. The van der Waals surface area contributed by atoms with E-state index in [1.54, 1.807) is 0 Å². The number of nitrogens with one attached hydrogen (secondary N) is 1. The first kappa shape index (κ1) is 13.8. The summed E-state index contributed by atoms with van der Waals surface area (Å²) in [6.45, 7) is 4.26. The zero-order valence-corrected chi connectivity index (χ0v) is 12.3. The van der Waals surface area contributed by atoms with Crippen molar-refractivity contribution in [3.05, 3.63) is 0 Å². The van der Waals surface area contributed by atoms with Gasteiger partial charge < -0.3 is 15.2 Å². The summed E-state index contributed by atoms with van der Waals surface area (Å²) in [5.41, 5.74) is -0.0712. The zero-order chi connectivity index (χ0) is 13.5. The Bertz CT molecular complexity index is 317. The predicted octanol–water partition coefficient (Wildman–Crippen LogP) is 0.989. The van der Waals surface area contributed by atoms with Crippen LogP contribution in [0, 0.1) is 5.92 Å². The van der Waals surface area contributed by atoms with Gasteiger partial charge in [-0.2, -0.15) is 0 Å². The van der Waals surface area contributed by atoms with E-state index in [1.807, 2.05) is 0 Å². The maximum absolute atomic E-state index is 10.0. The predicted molar refractivity (Wildman–Crippen MR) is 75.1 cm³/mol. The maximum Gasteiger partial charge on any atom is 0.0702 e. The van der Waals surface area contributed by atoms with Crippen molar-refractivity contribution in [2.24, 2.45) is 5.92 Å². The highest BCUT2D eigenvalue weighted by molar-refractivity contribution is 5.06. The SMILES string of the molecule is CC1OCCC1N(C)CC(CO)(NC1CC1)C1CC1. The highest BCUT2D eigenvalue weighted by atomic mass is 16.5. The van der Waals surface area contributed by atoms with Gasteiger partial charge in [0.05, 0.1) is 18.2 Å². The first-order valence-electron chi connectivity index (χ1n) is 7.85. The number of hydrogen-bond acceptors (Lipinski definition) is 4. The molecule has 0 aromatic carbocycles. The molecule has 19 heavy (non-hydrogen) atoms. The van der Waals surface area contributed by atoms with Crippen LogP contribution in [0.15, 0.2) is 0 Å². The Kier molecular flexibility index (Phi) is 3.87. The largest absolute Gasteiger partial charge is 0.394 e. The molecule has 4 heteroatoms. The summed E-state index contributed by atoms with van der Waals surface area (Å²) in [4.78, 5) is 2.42. The second-order valence-corrected chi connectivity index (χ2v) is 6.85. The lowest BCUT2D eigenvalue weighted by atomic mass is 9.92. The van der Waals surface area contributed by atoms with Gasteiger partial charge in [0, 0.05) is 25.2 Å². The van der Waals surface area contributed by atoms with Crippen molar-refractivity contribution in [3.8, 4) is 0 Å². The molecule has 0 aromatic heterocycles. The van der Waals surface area contributed by atoms with Crippen molar-refractivity contribution < 1.29 is 9.84 Å². The Hall–Kier alpha value is -0.160. The molecule has 1 aliphatic heterocycles. The van der Waals surface area contributed by atoms with Crippen molar-refractivity contribution in [2.75, 3.05) is 26.8 Å². The summed E-state index contributed by atoms with van der Waals surface area (Å²) in [6.07, 6.45) is 6.53.